The van der Waals surface area contributed by atoms with Gasteiger partial charge in [-0.05, 0) is 56.2 Å². The molecule has 0 aromatic heterocycles. The number of nitrogens with one attached hydrogen (secondary N) is 1. The van der Waals surface area contributed by atoms with Gasteiger partial charge in [-0.1, -0.05) is 12.1 Å². The van der Waals surface area contributed by atoms with Crippen molar-refractivity contribution >= 4 is 29.2 Å². The SMILES string of the molecule is Cc1ccc(NC(=O)[C@H](C)OC(=O)c2cccc(N3CCCC3=O)c2)cc1F. The molecule has 1 N–H and O–H groups in total. The Morgan fingerprint density at radius 1 is 1.21 bits per heavy atom. The average Bonchev–Trinajstić information content (AvgIpc) is 3.10. The van der Waals surface area contributed by atoms with Crippen molar-refractivity contribution in [3.63, 3.8) is 0 Å². The monoisotopic (exact) mass is 384 g/mol. The van der Waals surface area contributed by atoms with Crippen LogP contribution >= 0.6 is 0 Å². The van der Waals surface area contributed by atoms with E-state index in [1.54, 1.807) is 48.2 Å². The van der Waals surface area contributed by atoms with E-state index in [1.807, 2.05) is 0 Å². The van der Waals surface area contributed by atoms with Crippen molar-refractivity contribution in [1.29, 1.82) is 0 Å². The zero-order chi connectivity index (χ0) is 20.3. The van der Waals surface area contributed by atoms with Crippen LogP contribution in [0.25, 0.3) is 0 Å². The molecule has 2 amide bonds. The number of carbonyl (C=O) groups is 3. The van der Waals surface area contributed by atoms with Gasteiger partial charge in [0.2, 0.25) is 5.91 Å². The van der Waals surface area contributed by atoms with Gasteiger partial charge < -0.3 is 15.0 Å². The summed E-state index contributed by atoms with van der Waals surface area (Å²) in [6, 6.07) is 10.9. The molecule has 6 nitrogen and oxygen atoms in total. The maximum Gasteiger partial charge on any atom is 0.338 e. The second kappa shape index (κ2) is 8.21. The minimum Gasteiger partial charge on any atom is -0.449 e. The Hall–Kier alpha value is -3.22. The van der Waals surface area contributed by atoms with Crippen molar-refractivity contribution in [2.75, 3.05) is 16.8 Å². The molecule has 28 heavy (non-hydrogen) atoms. The highest BCUT2D eigenvalue weighted by atomic mass is 19.1. The molecule has 0 unspecified atom stereocenters. The molecular formula is C21H21FN2O4. The Morgan fingerprint density at radius 3 is 2.68 bits per heavy atom. The molecule has 0 bridgehead atoms. The summed E-state index contributed by atoms with van der Waals surface area (Å²) in [5, 5.41) is 2.52. The first-order valence-electron chi connectivity index (χ1n) is 9.03. The number of hydrogen-bond acceptors (Lipinski definition) is 4. The molecule has 146 valence electrons. The van der Waals surface area contributed by atoms with Gasteiger partial charge in [0.25, 0.3) is 5.91 Å². The van der Waals surface area contributed by atoms with Gasteiger partial charge >= 0.3 is 5.97 Å². The lowest BCUT2D eigenvalue weighted by Crippen LogP contribution is -2.30. The molecule has 1 aliphatic heterocycles. The van der Waals surface area contributed by atoms with E-state index in [1.165, 1.54) is 13.0 Å². The number of aryl methyl sites for hydroxylation is 1. The number of carbonyl (C=O) groups excluding carboxylic acids is 3. The fourth-order valence-corrected chi connectivity index (χ4v) is 2.92. The number of rotatable bonds is 5. The van der Waals surface area contributed by atoms with E-state index < -0.39 is 23.8 Å². The maximum atomic E-state index is 13.6. The Bertz CT molecular complexity index is 928. The second-order valence-electron chi connectivity index (χ2n) is 6.70. The predicted octanol–water partition coefficient (Wildman–Crippen LogP) is 3.44. The molecule has 2 aromatic rings. The molecule has 0 radical (unpaired) electrons. The Morgan fingerprint density at radius 2 is 2.00 bits per heavy atom. The molecule has 0 spiro atoms. The van der Waals surface area contributed by atoms with Gasteiger partial charge in [0.15, 0.2) is 6.10 Å². The molecule has 1 aliphatic rings. The van der Waals surface area contributed by atoms with Crippen LogP contribution in [0.2, 0.25) is 0 Å². The summed E-state index contributed by atoms with van der Waals surface area (Å²) in [6.07, 6.45) is 0.199. The van der Waals surface area contributed by atoms with Crippen LogP contribution in [-0.2, 0) is 14.3 Å². The number of esters is 1. The number of nitrogens with zero attached hydrogens (tertiary/aromatic N) is 1. The van der Waals surface area contributed by atoms with E-state index in [2.05, 4.69) is 5.32 Å². The molecule has 1 saturated heterocycles. The van der Waals surface area contributed by atoms with E-state index in [0.29, 0.717) is 24.2 Å². The van der Waals surface area contributed by atoms with Crippen LogP contribution in [-0.4, -0.2) is 30.4 Å². The van der Waals surface area contributed by atoms with Crippen LogP contribution in [0.5, 0.6) is 0 Å². The number of benzene rings is 2. The van der Waals surface area contributed by atoms with E-state index in [9.17, 15) is 18.8 Å². The highest BCUT2D eigenvalue weighted by molar-refractivity contribution is 5.99. The largest absolute Gasteiger partial charge is 0.449 e. The first-order chi connectivity index (χ1) is 13.3. The summed E-state index contributed by atoms with van der Waals surface area (Å²) in [4.78, 5) is 38.1. The van der Waals surface area contributed by atoms with Gasteiger partial charge in [-0.2, -0.15) is 0 Å². The van der Waals surface area contributed by atoms with Crippen LogP contribution in [0.3, 0.4) is 0 Å². The fraction of sp³-hybridized carbons (Fsp3) is 0.286. The zero-order valence-corrected chi connectivity index (χ0v) is 15.7. The average molecular weight is 384 g/mol. The molecule has 1 fully saturated rings. The van der Waals surface area contributed by atoms with Crippen molar-refractivity contribution < 1.29 is 23.5 Å². The van der Waals surface area contributed by atoms with Gasteiger partial charge in [-0.3, -0.25) is 9.59 Å². The van der Waals surface area contributed by atoms with Crippen LogP contribution in [0, 0.1) is 12.7 Å². The fourth-order valence-electron chi connectivity index (χ4n) is 2.92. The van der Waals surface area contributed by atoms with Crippen LogP contribution in [0.1, 0.15) is 35.7 Å². The summed E-state index contributed by atoms with van der Waals surface area (Å²) in [5.41, 5.74) is 1.63. The molecule has 0 aliphatic carbocycles. The van der Waals surface area contributed by atoms with E-state index in [4.69, 9.17) is 4.74 Å². The van der Waals surface area contributed by atoms with E-state index in [-0.39, 0.29) is 17.2 Å². The first-order valence-corrected chi connectivity index (χ1v) is 9.03. The maximum absolute atomic E-state index is 13.6. The lowest BCUT2D eigenvalue weighted by molar-refractivity contribution is -0.123. The molecule has 3 rings (SSSR count). The number of hydrogen-bond donors (Lipinski definition) is 1. The number of halogens is 1. The molecule has 1 heterocycles. The van der Waals surface area contributed by atoms with E-state index >= 15 is 0 Å². The molecule has 1 atom stereocenters. The van der Waals surface area contributed by atoms with Gasteiger partial charge in [0, 0.05) is 24.3 Å². The summed E-state index contributed by atoms with van der Waals surface area (Å²) < 4.78 is 18.8. The van der Waals surface area contributed by atoms with Gasteiger partial charge in [-0.15, -0.1) is 0 Å². The lowest BCUT2D eigenvalue weighted by atomic mass is 10.2. The van der Waals surface area contributed by atoms with Gasteiger partial charge in [-0.25, -0.2) is 9.18 Å². The Labute approximate surface area is 162 Å². The molecule has 7 heteroatoms. The molecular weight excluding hydrogens is 363 g/mol. The minimum absolute atomic E-state index is 0.0172. The summed E-state index contributed by atoms with van der Waals surface area (Å²) in [7, 11) is 0. The van der Waals surface area contributed by atoms with Crippen LogP contribution in [0.4, 0.5) is 15.8 Å². The van der Waals surface area contributed by atoms with E-state index in [0.717, 1.165) is 6.42 Å². The van der Waals surface area contributed by atoms with Gasteiger partial charge in [0.05, 0.1) is 5.56 Å². The predicted molar refractivity (Wildman–Crippen MR) is 103 cm³/mol. The van der Waals surface area contributed by atoms with Crippen molar-refractivity contribution in [3.8, 4) is 0 Å². The standard InChI is InChI=1S/C21H21FN2O4/c1-13-8-9-16(12-18(13)22)23-20(26)14(2)28-21(27)15-5-3-6-17(11-15)24-10-4-7-19(24)25/h3,5-6,8-9,11-12,14H,4,7,10H2,1-2H3,(H,23,26)/t14-/m0/s1. The lowest BCUT2D eigenvalue weighted by Gasteiger charge is -2.17. The zero-order valence-electron chi connectivity index (χ0n) is 15.7. The van der Waals surface area contributed by atoms with Crippen LogP contribution in [0.15, 0.2) is 42.5 Å². The summed E-state index contributed by atoms with van der Waals surface area (Å²) in [6.45, 7) is 3.67. The Balaban J connectivity index is 1.64. The summed E-state index contributed by atoms with van der Waals surface area (Å²) in [5.74, 6) is -1.66. The quantitative estimate of drug-likeness (QED) is 0.802. The van der Waals surface area contributed by atoms with Crippen LogP contribution < -0.4 is 10.2 Å². The van der Waals surface area contributed by atoms with Gasteiger partial charge in [0.1, 0.15) is 5.82 Å². The number of amides is 2. The first kappa shape index (κ1) is 19.5. The highest BCUT2D eigenvalue weighted by Gasteiger charge is 2.24. The van der Waals surface area contributed by atoms with Crippen molar-refractivity contribution in [2.24, 2.45) is 0 Å². The minimum atomic E-state index is -1.08. The van der Waals surface area contributed by atoms with Crippen molar-refractivity contribution in [1.82, 2.24) is 0 Å². The number of ether oxygens (including phenoxy) is 1. The third-order valence-corrected chi connectivity index (χ3v) is 4.56. The molecule has 0 saturated carbocycles. The number of anilines is 2. The summed E-state index contributed by atoms with van der Waals surface area (Å²) >= 11 is 0. The molecule has 2 aromatic carbocycles. The Kier molecular flexibility index (Phi) is 5.73. The topological polar surface area (TPSA) is 75.7 Å². The second-order valence-corrected chi connectivity index (χ2v) is 6.70. The third kappa shape index (κ3) is 4.36. The smallest absolute Gasteiger partial charge is 0.338 e. The van der Waals surface area contributed by atoms with Crippen molar-refractivity contribution in [2.45, 2.75) is 32.8 Å². The highest BCUT2D eigenvalue weighted by Crippen LogP contribution is 2.23. The third-order valence-electron chi connectivity index (χ3n) is 4.56. The van der Waals surface area contributed by atoms with Crippen molar-refractivity contribution in [3.05, 3.63) is 59.4 Å². The normalized spacial score (nSPS) is 14.7.